The highest BCUT2D eigenvalue weighted by atomic mass is 16.5. The fourth-order valence-electron chi connectivity index (χ4n) is 3.06. The zero-order valence-electron chi connectivity index (χ0n) is 15.3. The number of benzene rings is 1. The first-order valence-electron chi connectivity index (χ1n) is 8.64. The van der Waals surface area contributed by atoms with Crippen molar-refractivity contribution in [2.24, 2.45) is 17.8 Å². The maximum absolute atomic E-state index is 12.8. The van der Waals surface area contributed by atoms with Gasteiger partial charge in [0.05, 0.1) is 19.6 Å². The lowest BCUT2D eigenvalue weighted by molar-refractivity contribution is -0.143. The van der Waals surface area contributed by atoms with Crippen molar-refractivity contribution in [3.8, 4) is 11.5 Å². The highest BCUT2D eigenvalue weighted by Gasteiger charge is 2.32. The molecule has 1 heterocycles. The largest absolute Gasteiger partial charge is 0.493 e. The zero-order valence-corrected chi connectivity index (χ0v) is 15.3. The Morgan fingerprint density at radius 3 is 2.60 bits per heavy atom. The van der Waals surface area contributed by atoms with Crippen LogP contribution in [0.4, 0.5) is 0 Å². The number of amides is 1. The van der Waals surface area contributed by atoms with Gasteiger partial charge >= 0.3 is 5.97 Å². The maximum Gasteiger partial charge on any atom is 0.308 e. The van der Waals surface area contributed by atoms with Crippen LogP contribution in [0.5, 0.6) is 11.5 Å². The molecule has 2 rings (SSSR count). The molecule has 2 atom stereocenters. The van der Waals surface area contributed by atoms with Crippen molar-refractivity contribution < 1.29 is 24.2 Å². The lowest BCUT2D eigenvalue weighted by Gasteiger charge is -2.34. The molecule has 0 aromatic heterocycles. The Hall–Kier alpha value is -2.24. The third kappa shape index (κ3) is 4.87. The lowest BCUT2D eigenvalue weighted by Crippen LogP contribution is -2.45. The maximum atomic E-state index is 12.8. The minimum atomic E-state index is -0.848. The molecule has 1 amide bonds. The summed E-state index contributed by atoms with van der Waals surface area (Å²) >= 11 is 0. The molecular formula is C19H27NO5. The van der Waals surface area contributed by atoms with Crippen LogP contribution in [0.2, 0.25) is 0 Å². The van der Waals surface area contributed by atoms with E-state index in [0.717, 1.165) is 0 Å². The van der Waals surface area contributed by atoms with Gasteiger partial charge in [-0.2, -0.15) is 0 Å². The molecule has 6 nitrogen and oxygen atoms in total. The van der Waals surface area contributed by atoms with Gasteiger partial charge in [-0.15, -0.1) is 0 Å². The van der Waals surface area contributed by atoms with E-state index < -0.39 is 11.9 Å². The number of carbonyl (C=O) groups excluding carboxylic acids is 1. The van der Waals surface area contributed by atoms with Crippen molar-refractivity contribution in [1.29, 1.82) is 0 Å². The van der Waals surface area contributed by atoms with Gasteiger partial charge in [0.15, 0.2) is 11.5 Å². The number of rotatable bonds is 6. The second kappa shape index (κ2) is 8.23. The molecule has 0 aliphatic carbocycles. The lowest BCUT2D eigenvalue weighted by atomic mass is 9.90. The van der Waals surface area contributed by atoms with E-state index in [1.54, 1.807) is 23.1 Å². The van der Waals surface area contributed by atoms with Crippen LogP contribution in [-0.2, 0) is 4.79 Å². The molecule has 2 unspecified atom stereocenters. The number of carbonyl (C=O) groups is 2. The Kier molecular flexibility index (Phi) is 6.28. The van der Waals surface area contributed by atoms with Crippen LogP contribution in [-0.4, -0.2) is 48.7 Å². The summed E-state index contributed by atoms with van der Waals surface area (Å²) in [5.41, 5.74) is 0.479. The highest BCUT2D eigenvalue weighted by molar-refractivity contribution is 5.95. The second-order valence-corrected chi connectivity index (χ2v) is 7.16. The quantitative estimate of drug-likeness (QED) is 0.854. The molecule has 1 aromatic rings. The third-order valence-corrected chi connectivity index (χ3v) is 4.28. The van der Waals surface area contributed by atoms with Gasteiger partial charge in [0.25, 0.3) is 5.91 Å². The second-order valence-electron chi connectivity index (χ2n) is 7.16. The van der Waals surface area contributed by atoms with Crippen LogP contribution < -0.4 is 9.47 Å². The molecule has 1 fully saturated rings. The van der Waals surface area contributed by atoms with Gasteiger partial charge in [-0.3, -0.25) is 9.59 Å². The van der Waals surface area contributed by atoms with Crippen LogP contribution in [0.15, 0.2) is 18.2 Å². The summed E-state index contributed by atoms with van der Waals surface area (Å²) in [5.74, 6) is 0.117. The van der Waals surface area contributed by atoms with E-state index in [1.807, 2.05) is 6.92 Å². The molecule has 138 valence electrons. The Bertz CT molecular complexity index is 628. The average Bonchev–Trinajstić information content (AvgIpc) is 2.58. The third-order valence-electron chi connectivity index (χ3n) is 4.28. The van der Waals surface area contributed by atoms with Gasteiger partial charge < -0.3 is 19.5 Å². The number of piperidine rings is 1. The van der Waals surface area contributed by atoms with Gasteiger partial charge in [-0.05, 0) is 36.5 Å². The van der Waals surface area contributed by atoms with Crippen molar-refractivity contribution >= 4 is 11.9 Å². The Morgan fingerprint density at radius 1 is 1.28 bits per heavy atom. The summed E-state index contributed by atoms with van der Waals surface area (Å²) in [6.45, 7) is 7.46. The molecule has 25 heavy (non-hydrogen) atoms. The van der Waals surface area contributed by atoms with E-state index in [2.05, 4.69) is 13.8 Å². The molecule has 1 aliphatic rings. The fraction of sp³-hybridized carbons (Fsp3) is 0.579. The summed E-state index contributed by atoms with van der Waals surface area (Å²) in [6.07, 6.45) is 0.602. The van der Waals surface area contributed by atoms with Gasteiger partial charge in [0, 0.05) is 18.7 Å². The van der Waals surface area contributed by atoms with Crippen LogP contribution in [0, 0.1) is 17.8 Å². The number of hydrogen-bond donors (Lipinski definition) is 1. The highest BCUT2D eigenvalue weighted by Crippen LogP contribution is 2.30. The van der Waals surface area contributed by atoms with Crippen molar-refractivity contribution in [3.05, 3.63) is 23.8 Å². The number of carboxylic acids is 1. The summed E-state index contributed by atoms with van der Waals surface area (Å²) in [4.78, 5) is 25.7. The molecule has 0 bridgehead atoms. The molecule has 0 spiro atoms. The normalized spacial score (nSPS) is 20.4. The van der Waals surface area contributed by atoms with E-state index in [-0.39, 0.29) is 18.4 Å². The zero-order chi connectivity index (χ0) is 18.6. The Morgan fingerprint density at radius 2 is 2.00 bits per heavy atom. The van der Waals surface area contributed by atoms with E-state index >= 15 is 0 Å². The van der Waals surface area contributed by atoms with Crippen molar-refractivity contribution in [3.63, 3.8) is 0 Å². The van der Waals surface area contributed by atoms with Crippen molar-refractivity contribution in [2.75, 3.05) is 26.8 Å². The van der Waals surface area contributed by atoms with Gasteiger partial charge in [0.2, 0.25) is 0 Å². The summed E-state index contributed by atoms with van der Waals surface area (Å²) < 4.78 is 11.1. The number of carboxylic acid groups (broad SMARTS) is 1. The van der Waals surface area contributed by atoms with Crippen molar-refractivity contribution in [1.82, 2.24) is 4.90 Å². The van der Waals surface area contributed by atoms with E-state index in [0.29, 0.717) is 42.6 Å². The predicted molar refractivity (Wildman–Crippen MR) is 94.1 cm³/mol. The topological polar surface area (TPSA) is 76.1 Å². The van der Waals surface area contributed by atoms with Crippen LogP contribution in [0.25, 0.3) is 0 Å². The molecule has 0 saturated carbocycles. The van der Waals surface area contributed by atoms with Crippen LogP contribution in [0.1, 0.15) is 37.6 Å². The van der Waals surface area contributed by atoms with E-state index in [1.165, 1.54) is 7.11 Å². The first-order chi connectivity index (χ1) is 11.8. The molecular weight excluding hydrogens is 322 g/mol. The molecule has 1 N–H and O–H groups in total. The monoisotopic (exact) mass is 349 g/mol. The van der Waals surface area contributed by atoms with Crippen molar-refractivity contribution in [2.45, 2.75) is 27.2 Å². The number of ether oxygens (including phenoxy) is 2. The Balaban J connectivity index is 2.16. The number of likely N-dealkylation sites (tertiary alicyclic amines) is 1. The first kappa shape index (κ1) is 19.1. The SMILES string of the molecule is COc1cc(C(=O)N2CC(C)CC(C(=O)O)C2)ccc1OCC(C)C. The molecule has 1 saturated heterocycles. The number of aliphatic carboxylic acids is 1. The molecule has 1 aliphatic heterocycles. The molecule has 6 heteroatoms. The minimum absolute atomic E-state index is 0.161. The summed E-state index contributed by atoms with van der Waals surface area (Å²) in [7, 11) is 1.54. The fourth-order valence-corrected chi connectivity index (χ4v) is 3.06. The molecule has 0 radical (unpaired) electrons. The van der Waals surface area contributed by atoms with Gasteiger partial charge in [0.1, 0.15) is 0 Å². The molecule has 1 aromatic carbocycles. The number of methoxy groups -OCH3 is 1. The summed E-state index contributed by atoms with van der Waals surface area (Å²) in [5, 5.41) is 9.27. The number of nitrogens with zero attached hydrogens (tertiary/aromatic N) is 1. The van der Waals surface area contributed by atoms with Crippen LogP contribution >= 0.6 is 0 Å². The smallest absolute Gasteiger partial charge is 0.308 e. The number of hydrogen-bond acceptors (Lipinski definition) is 4. The van der Waals surface area contributed by atoms with E-state index in [9.17, 15) is 14.7 Å². The van der Waals surface area contributed by atoms with Crippen LogP contribution in [0.3, 0.4) is 0 Å². The van der Waals surface area contributed by atoms with E-state index in [4.69, 9.17) is 9.47 Å². The minimum Gasteiger partial charge on any atom is -0.493 e. The first-order valence-corrected chi connectivity index (χ1v) is 8.64. The predicted octanol–water partition coefficient (Wildman–Crippen LogP) is 2.91. The average molecular weight is 349 g/mol. The van der Waals surface area contributed by atoms with Gasteiger partial charge in [-0.1, -0.05) is 20.8 Å². The summed E-state index contributed by atoms with van der Waals surface area (Å²) in [6, 6.07) is 5.10. The Labute approximate surface area is 148 Å². The van der Waals surface area contributed by atoms with Gasteiger partial charge in [-0.25, -0.2) is 0 Å². The standard InChI is InChI=1S/C19H27NO5/c1-12(2)11-25-16-6-5-14(8-17(16)24-4)18(21)20-9-13(3)7-15(10-20)19(22)23/h5-6,8,12-13,15H,7,9-11H2,1-4H3,(H,22,23).